The van der Waals surface area contributed by atoms with E-state index in [1.54, 1.807) is 0 Å². The minimum absolute atomic E-state index is 0.0331. The first-order valence-corrected chi connectivity index (χ1v) is 5.46. The zero-order chi connectivity index (χ0) is 10.5. The summed E-state index contributed by atoms with van der Waals surface area (Å²) in [5.74, 6) is -0.0331. The van der Waals surface area contributed by atoms with Gasteiger partial charge < -0.3 is 10.1 Å². The largest absolute Gasteiger partial charge is 0.379 e. The quantitative estimate of drug-likeness (QED) is 0.631. The van der Waals surface area contributed by atoms with E-state index in [2.05, 4.69) is 5.32 Å². The summed E-state index contributed by atoms with van der Waals surface area (Å²) in [4.78, 5) is 25.2. The molecule has 1 aliphatic carbocycles. The van der Waals surface area contributed by atoms with Gasteiger partial charge in [0.25, 0.3) is 5.91 Å². The lowest BCUT2D eigenvalue weighted by Gasteiger charge is -2.35. The zero-order valence-electron chi connectivity index (χ0n) is 8.49. The number of carbonyl (C=O) groups excluding carboxylic acids is 2. The van der Waals surface area contributed by atoms with Crippen LogP contribution in [0.25, 0.3) is 0 Å². The van der Waals surface area contributed by atoms with Crippen LogP contribution in [0.1, 0.15) is 25.7 Å². The molecule has 1 atom stereocenters. The molecular formula is C10H14N2O3. The predicted molar refractivity (Wildman–Crippen MR) is 51.2 cm³/mol. The van der Waals surface area contributed by atoms with Crippen molar-refractivity contribution in [3.63, 3.8) is 0 Å². The minimum atomic E-state index is -0.542. The van der Waals surface area contributed by atoms with Crippen molar-refractivity contribution in [1.82, 2.24) is 10.2 Å². The summed E-state index contributed by atoms with van der Waals surface area (Å²) in [7, 11) is 0. The van der Waals surface area contributed by atoms with E-state index < -0.39 is 5.54 Å². The van der Waals surface area contributed by atoms with Gasteiger partial charge in [0, 0.05) is 6.61 Å². The summed E-state index contributed by atoms with van der Waals surface area (Å²) in [5.41, 5.74) is -0.542. The van der Waals surface area contributed by atoms with Gasteiger partial charge in [-0.2, -0.15) is 0 Å². The molecule has 2 heterocycles. The Kier molecular flexibility index (Phi) is 1.80. The minimum Gasteiger partial charge on any atom is -0.379 e. The van der Waals surface area contributed by atoms with Crippen molar-refractivity contribution in [2.24, 2.45) is 0 Å². The van der Waals surface area contributed by atoms with Gasteiger partial charge in [-0.25, -0.2) is 4.79 Å². The number of ether oxygens (including phenoxy) is 1. The number of carbonyl (C=O) groups is 2. The van der Waals surface area contributed by atoms with Crippen LogP contribution in [0.4, 0.5) is 4.79 Å². The molecule has 0 radical (unpaired) electrons. The number of imide groups is 1. The molecule has 0 aromatic rings. The van der Waals surface area contributed by atoms with Crippen LogP contribution in [0.15, 0.2) is 0 Å². The monoisotopic (exact) mass is 210 g/mol. The highest BCUT2D eigenvalue weighted by atomic mass is 16.5. The fourth-order valence-electron chi connectivity index (χ4n) is 2.57. The van der Waals surface area contributed by atoms with Gasteiger partial charge in [-0.15, -0.1) is 0 Å². The maximum absolute atomic E-state index is 12.1. The summed E-state index contributed by atoms with van der Waals surface area (Å²) in [5, 5.41) is 2.83. The first kappa shape index (κ1) is 9.15. The molecule has 5 nitrogen and oxygen atoms in total. The SMILES string of the molecule is O=C1NC2(CCC2)C(=O)N1C1CCOC1. The third-order valence-corrected chi connectivity index (χ3v) is 3.67. The molecule has 1 saturated carbocycles. The second kappa shape index (κ2) is 2.95. The van der Waals surface area contributed by atoms with E-state index in [1.165, 1.54) is 4.90 Å². The lowest BCUT2D eigenvalue weighted by atomic mass is 9.77. The van der Waals surface area contributed by atoms with Crippen molar-refractivity contribution in [3.8, 4) is 0 Å². The van der Waals surface area contributed by atoms with Gasteiger partial charge in [0.05, 0.1) is 12.6 Å². The van der Waals surface area contributed by atoms with Crippen LogP contribution >= 0.6 is 0 Å². The molecule has 3 aliphatic rings. The third-order valence-electron chi connectivity index (χ3n) is 3.67. The smallest absolute Gasteiger partial charge is 0.325 e. The molecule has 15 heavy (non-hydrogen) atoms. The molecule has 3 amide bonds. The maximum Gasteiger partial charge on any atom is 0.325 e. The predicted octanol–water partition coefficient (Wildman–Crippen LogP) is 0.250. The molecule has 3 fully saturated rings. The summed E-state index contributed by atoms with van der Waals surface area (Å²) in [6.45, 7) is 1.14. The Morgan fingerprint density at radius 2 is 2.20 bits per heavy atom. The van der Waals surface area contributed by atoms with Crippen molar-refractivity contribution < 1.29 is 14.3 Å². The van der Waals surface area contributed by atoms with Crippen LogP contribution in [0.2, 0.25) is 0 Å². The van der Waals surface area contributed by atoms with E-state index >= 15 is 0 Å². The lowest BCUT2D eigenvalue weighted by molar-refractivity contribution is -0.135. The normalized spacial score (nSPS) is 33.3. The van der Waals surface area contributed by atoms with E-state index in [0.717, 1.165) is 25.7 Å². The molecule has 5 heteroatoms. The van der Waals surface area contributed by atoms with Crippen LogP contribution in [-0.2, 0) is 9.53 Å². The number of rotatable bonds is 1. The first-order valence-electron chi connectivity index (χ1n) is 5.46. The van der Waals surface area contributed by atoms with Gasteiger partial charge in [0.15, 0.2) is 0 Å². The zero-order valence-corrected chi connectivity index (χ0v) is 8.49. The van der Waals surface area contributed by atoms with Gasteiger partial charge in [-0.3, -0.25) is 9.69 Å². The Balaban J connectivity index is 1.83. The maximum atomic E-state index is 12.1. The van der Waals surface area contributed by atoms with Crippen molar-refractivity contribution in [2.75, 3.05) is 13.2 Å². The van der Waals surface area contributed by atoms with Gasteiger partial charge in [0.1, 0.15) is 5.54 Å². The number of nitrogens with zero attached hydrogens (tertiary/aromatic N) is 1. The molecule has 0 bridgehead atoms. The Bertz CT molecular complexity index is 319. The van der Waals surface area contributed by atoms with Crippen molar-refractivity contribution in [1.29, 1.82) is 0 Å². The molecule has 1 unspecified atom stereocenters. The topological polar surface area (TPSA) is 58.6 Å². The van der Waals surface area contributed by atoms with E-state index in [9.17, 15) is 9.59 Å². The molecule has 82 valence electrons. The molecule has 2 aliphatic heterocycles. The molecule has 3 rings (SSSR count). The molecule has 2 saturated heterocycles. The second-order valence-electron chi connectivity index (χ2n) is 4.56. The Morgan fingerprint density at radius 3 is 2.67 bits per heavy atom. The standard InChI is InChI=1S/C10H14N2O3/c13-8-10(3-1-4-10)11-9(14)12(8)7-2-5-15-6-7/h7H,1-6H2,(H,11,14). The van der Waals surface area contributed by atoms with Crippen LogP contribution in [0.5, 0.6) is 0 Å². The fourth-order valence-corrected chi connectivity index (χ4v) is 2.57. The number of amides is 3. The highest BCUT2D eigenvalue weighted by molar-refractivity contribution is 6.07. The number of urea groups is 1. The van der Waals surface area contributed by atoms with Crippen molar-refractivity contribution >= 4 is 11.9 Å². The summed E-state index contributed by atoms with van der Waals surface area (Å²) in [6, 6.07) is -0.271. The second-order valence-corrected chi connectivity index (χ2v) is 4.56. The average Bonchev–Trinajstić information content (AvgIpc) is 2.70. The Labute approximate surface area is 87.8 Å². The van der Waals surface area contributed by atoms with Gasteiger partial charge >= 0.3 is 6.03 Å². The Hall–Kier alpha value is -1.10. The van der Waals surface area contributed by atoms with Crippen molar-refractivity contribution in [2.45, 2.75) is 37.3 Å². The van der Waals surface area contributed by atoms with Crippen LogP contribution in [0, 0.1) is 0 Å². The fraction of sp³-hybridized carbons (Fsp3) is 0.800. The molecule has 0 aromatic heterocycles. The van der Waals surface area contributed by atoms with E-state index in [4.69, 9.17) is 4.74 Å². The number of hydrogen-bond donors (Lipinski definition) is 1. The van der Waals surface area contributed by atoms with E-state index in [-0.39, 0.29) is 18.0 Å². The van der Waals surface area contributed by atoms with Gasteiger partial charge in [0.2, 0.25) is 0 Å². The van der Waals surface area contributed by atoms with Crippen molar-refractivity contribution in [3.05, 3.63) is 0 Å². The van der Waals surface area contributed by atoms with Crippen LogP contribution < -0.4 is 5.32 Å². The average molecular weight is 210 g/mol. The summed E-state index contributed by atoms with van der Waals surface area (Å²) in [6.07, 6.45) is 3.39. The first-order chi connectivity index (χ1) is 7.23. The molecule has 0 aromatic carbocycles. The molecule has 1 spiro atoms. The van der Waals surface area contributed by atoms with Gasteiger partial charge in [-0.1, -0.05) is 0 Å². The van der Waals surface area contributed by atoms with Crippen LogP contribution in [-0.4, -0.2) is 41.6 Å². The highest BCUT2D eigenvalue weighted by Crippen LogP contribution is 2.38. The van der Waals surface area contributed by atoms with Gasteiger partial charge in [-0.05, 0) is 25.7 Å². The number of nitrogens with one attached hydrogen (secondary N) is 1. The van der Waals surface area contributed by atoms with E-state index in [1.807, 2.05) is 0 Å². The van der Waals surface area contributed by atoms with E-state index in [0.29, 0.717) is 13.2 Å². The summed E-state index contributed by atoms with van der Waals surface area (Å²) >= 11 is 0. The molecular weight excluding hydrogens is 196 g/mol. The highest BCUT2D eigenvalue weighted by Gasteiger charge is 2.56. The summed E-state index contributed by atoms with van der Waals surface area (Å²) < 4.78 is 5.21. The third kappa shape index (κ3) is 1.13. The molecule has 1 N–H and O–H groups in total. The Morgan fingerprint density at radius 1 is 1.40 bits per heavy atom. The van der Waals surface area contributed by atoms with Crippen LogP contribution in [0.3, 0.4) is 0 Å². The number of hydrogen-bond acceptors (Lipinski definition) is 3. The lowest BCUT2D eigenvalue weighted by Crippen LogP contribution is -2.53.